The summed E-state index contributed by atoms with van der Waals surface area (Å²) < 4.78 is 19.7. The third kappa shape index (κ3) is 3.86. The van der Waals surface area contributed by atoms with Crippen LogP contribution in [0.2, 0.25) is 0 Å². The van der Waals surface area contributed by atoms with Gasteiger partial charge >= 0.3 is 0 Å². The first-order chi connectivity index (χ1) is 22.7. The second-order valence-corrected chi connectivity index (χ2v) is 14.1. The van der Waals surface area contributed by atoms with Gasteiger partial charge in [0.15, 0.2) is 0 Å². The Labute approximate surface area is 265 Å². The molecule has 5 nitrogen and oxygen atoms in total. The standard InChI is InChI=1S/C40H27N4OP/c45-46(37-18-8-10-26-41-37,38-19-9-11-27-42-38)30-22-20-29(21-23-30)44-36-17-7-5-15-32(36)34-25-24-33-31-14-4-6-16-35(31)43(39(33)40(34)44)28-12-2-1-3-13-28/h1-27H. The molecular formula is C40H27N4OP. The van der Waals surface area contributed by atoms with Crippen molar-refractivity contribution in [2.45, 2.75) is 0 Å². The molecule has 4 heterocycles. The van der Waals surface area contributed by atoms with E-state index in [0.717, 1.165) is 33.4 Å². The van der Waals surface area contributed by atoms with Gasteiger partial charge in [-0.15, -0.1) is 0 Å². The summed E-state index contributed by atoms with van der Waals surface area (Å²) in [6, 6.07) is 51.5. The largest absolute Gasteiger partial charge is 0.307 e. The first-order valence-electron chi connectivity index (χ1n) is 15.3. The van der Waals surface area contributed by atoms with Gasteiger partial charge in [-0.3, -0.25) is 9.97 Å². The summed E-state index contributed by atoms with van der Waals surface area (Å²) in [5.74, 6) is 0. The van der Waals surface area contributed by atoms with Gasteiger partial charge < -0.3 is 13.7 Å². The Balaban J connectivity index is 1.35. The number of nitrogens with zero attached hydrogens (tertiary/aromatic N) is 4. The maximum atomic E-state index is 15.0. The van der Waals surface area contributed by atoms with Crippen molar-refractivity contribution in [3.05, 3.63) is 164 Å². The van der Waals surface area contributed by atoms with Crippen molar-refractivity contribution in [2.75, 3.05) is 0 Å². The molecule has 9 rings (SSSR count). The zero-order valence-electron chi connectivity index (χ0n) is 24.7. The van der Waals surface area contributed by atoms with Crippen molar-refractivity contribution in [1.82, 2.24) is 19.1 Å². The summed E-state index contributed by atoms with van der Waals surface area (Å²) in [5.41, 5.74) is 7.69. The third-order valence-corrected chi connectivity index (χ3v) is 11.7. The summed E-state index contributed by atoms with van der Waals surface area (Å²) in [7, 11) is -3.31. The zero-order valence-corrected chi connectivity index (χ0v) is 25.6. The fourth-order valence-corrected chi connectivity index (χ4v) is 9.27. The molecule has 0 aliphatic carbocycles. The minimum atomic E-state index is -3.31. The van der Waals surface area contributed by atoms with E-state index in [4.69, 9.17) is 0 Å². The Morgan fingerprint density at radius 3 is 1.37 bits per heavy atom. The zero-order chi connectivity index (χ0) is 30.7. The van der Waals surface area contributed by atoms with E-state index in [-0.39, 0.29) is 0 Å². The highest BCUT2D eigenvalue weighted by atomic mass is 31.2. The van der Waals surface area contributed by atoms with Crippen LogP contribution in [0.5, 0.6) is 0 Å². The van der Waals surface area contributed by atoms with E-state index in [9.17, 15) is 4.57 Å². The number of hydrogen-bond acceptors (Lipinski definition) is 3. The SMILES string of the molecule is O=P(c1ccc(-n2c3ccccc3c3ccc4c5ccccc5n(-c5ccccc5)c4c32)cc1)(c1ccccn1)c1ccccn1. The number of pyridine rings is 2. The molecule has 0 radical (unpaired) electrons. The molecular weight excluding hydrogens is 583 g/mol. The summed E-state index contributed by atoms with van der Waals surface area (Å²) in [5, 5.41) is 5.46. The lowest BCUT2D eigenvalue weighted by atomic mass is 10.1. The van der Waals surface area contributed by atoms with Gasteiger partial charge in [-0.2, -0.15) is 0 Å². The van der Waals surface area contributed by atoms with Gasteiger partial charge in [-0.25, -0.2) is 0 Å². The van der Waals surface area contributed by atoms with Crippen LogP contribution in [-0.4, -0.2) is 19.1 Å². The maximum Gasteiger partial charge on any atom is 0.205 e. The first kappa shape index (κ1) is 26.6. The molecule has 9 aromatic rings. The molecule has 0 aliphatic rings. The lowest BCUT2D eigenvalue weighted by molar-refractivity contribution is 0.591. The lowest BCUT2D eigenvalue weighted by Crippen LogP contribution is -2.28. The molecule has 5 aromatic carbocycles. The molecule has 0 fully saturated rings. The van der Waals surface area contributed by atoms with E-state index in [1.54, 1.807) is 12.4 Å². The van der Waals surface area contributed by atoms with Crippen LogP contribution in [0.25, 0.3) is 55.0 Å². The highest BCUT2D eigenvalue weighted by Crippen LogP contribution is 2.43. The Bertz CT molecular complexity index is 2550. The summed E-state index contributed by atoms with van der Waals surface area (Å²) >= 11 is 0. The third-order valence-electron chi connectivity index (χ3n) is 8.90. The minimum absolute atomic E-state index is 0.521. The molecule has 46 heavy (non-hydrogen) atoms. The Morgan fingerprint density at radius 1 is 0.413 bits per heavy atom. The monoisotopic (exact) mass is 610 g/mol. The molecule has 0 saturated heterocycles. The first-order valence-corrected chi connectivity index (χ1v) is 17.0. The van der Waals surface area contributed by atoms with Gasteiger partial charge in [-0.1, -0.05) is 78.9 Å². The fourth-order valence-electron chi connectivity index (χ4n) is 6.89. The molecule has 0 bridgehead atoms. The molecule has 0 amide bonds. The van der Waals surface area contributed by atoms with Crippen LogP contribution in [0.15, 0.2) is 164 Å². The molecule has 6 heteroatoms. The van der Waals surface area contributed by atoms with E-state index >= 15 is 0 Å². The molecule has 0 aliphatic heterocycles. The number of hydrogen-bond donors (Lipinski definition) is 0. The average Bonchev–Trinajstić information content (AvgIpc) is 3.66. The van der Waals surface area contributed by atoms with Crippen LogP contribution in [-0.2, 0) is 4.57 Å². The van der Waals surface area contributed by atoms with E-state index in [1.807, 2.05) is 48.5 Å². The molecule has 218 valence electrons. The molecule has 0 atom stereocenters. The number of benzene rings is 5. The normalized spacial score (nSPS) is 12.0. The predicted molar refractivity (Wildman–Crippen MR) is 190 cm³/mol. The van der Waals surface area contributed by atoms with Crippen LogP contribution in [0.1, 0.15) is 0 Å². The second-order valence-electron chi connectivity index (χ2n) is 11.4. The molecule has 0 N–H and O–H groups in total. The van der Waals surface area contributed by atoms with Gasteiger partial charge in [0.2, 0.25) is 7.14 Å². The molecule has 0 saturated carbocycles. The van der Waals surface area contributed by atoms with Crippen molar-refractivity contribution < 1.29 is 4.57 Å². The van der Waals surface area contributed by atoms with E-state index in [1.165, 1.54) is 21.5 Å². The lowest BCUT2D eigenvalue weighted by Gasteiger charge is -2.18. The van der Waals surface area contributed by atoms with E-state index < -0.39 is 7.14 Å². The van der Waals surface area contributed by atoms with Gasteiger partial charge in [0.05, 0.1) is 22.1 Å². The summed E-state index contributed by atoms with van der Waals surface area (Å²) in [6.07, 6.45) is 3.38. The number of fused-ring (bicyclic) bond motifs is 7. The smallest absolute Gasteiger partial charge is 0.205 e. The Hall–Kier alpha value is -5.77. The van der Waals surface area contributed by atoms with Gasteiger partial charge in [0.25, 0.3) is 0 Å². The Kier molecular flexibility index (Phi) is 6.02. The van der Waals surface area contributed by atoms with E-state index in [0.29, 0.717) is 16.2 Å². The Morgan fingerprint density at radius 2 is 0.870 bits per heavy atom. The van der Waals surface area contributed by atoms with Crippen molar-refractivity contribution in [3.63, 3.8) is 0 Å². The number of para-hydroxylation sites is 3. The maximum absolute atomic E-state index is 15.0. The van der Waals surface area contributed by atoms with Crippen LogP contribution in [0, 0.1) is 0 Å². The minimum Gasteiger partial charge on any atom is -0.307 e. The van der Waals surface area contributed by atoms with Crippen molar-refractivity contribution in [2.24, 2.45) is 0 Å². The topological polar surface area (TPSA) is 52.7 Å². The average molecular weight is 611 g/mol. The highest BCUT2D eigenvalue weighted by molar-refractivity contribution is 7.84. The molecule has 0 unspecified atom stereocenters. The fraction of sp³-hybridized carbons (Fsp3) is 0. The summed E-state index contributed by atoms with van der Waals surface area (Å²) in [4.78, 5) is 9.08. The number of rotatable bonds is 5. The van der Waals surface area contributed by atoms with E-state index in [2.05, 4.69) is 122 Å². The van der Waals surface area contributed by atoms with Crippen molar-refractivity contribution >= 4 is 66.9 Å². The quantitative estimate of drug-likeness (QED) is 0.184. The molecule has 4 aromatic heterocycles. The van der Waals surface area contributed by atoms with Gasteiger partial charge in [0.1, 0.15) is 10.9 Å². The van der Waals surface area contributed by atoms with Crippen LogP contribution < -0.4 is 16.2 Å². The van der Waals surface area contributed by atoms with Crippen molar-refractivity contribution in [3.8, 4) is 11.4 Å². The second kappa shape index (κ2) is 10.4. The van der Waals surface area contributed by atoms with Gasteiger partial charge in [0, 0.05) is 50.6 Å². The van der Waals surface area contributed by atoms with Gasteiger partial charge in [-0.05, 0) is 72.8 Å². The summed E-state index contributed by atoms with van der Waals surface area (Å²) in [6.45, 7) is 0. The molecule has 0 spiro atoms. The van der Waals surface area contributed by atoms with Crippen LogP contribution in [0.4, 0.5) is 0 Å². The van der Waals surface area contributed by atoms with Crippen LogP contribution in [0.3, 0.4) is 0 Å². The predicted octanol–water partition coefficient (Wildman–Crippen LogP) is 8.31. The van der Waals surface area contributed by atoms with Crippen LogP contribution >= 0.6 is 7.14 Å². The number of aromatic nitrogens is 4. The van der Waals surface area contributed by atoms with Crippen molar-refractivity contribution in [1.29, 1.82) is 0 Å². The highest BCUT2D eigenvalue weighted by Gasteiger charge is 2.32.